The fourth-order valence-corrected chi connectivity index (χ4v) is 9.72. The molecule has 0 aliphatic rings. The van der Waals surface area contributed by atoms with E-state index in [9.17, 15) is 0 Å². The normalized spacial score (nSPS) is 11.3. The van der Waals surface area contributed by atoms with Crippen molar-refractivity contribution in [1.29, 1.82) is 0 Å². The molecular weight excluding hydrogens is 849 g/mol. The smallest absolute Gasteiger partial charge is 0.136 e. The van der Waals surface area contributed by atoms with Gasteiger partial charge in [0, 0.05) is 45.3 Å². The quantitative estimate of drug-likeness (QED) is 0.134. The molecule has 9 aromatic carbocycles. The lowest BCUT2D eigenvalue weighted by atomic mass is 9.98. The van der Waals surface area contributed by atoms with E-state index in [0.29, 0.717) is 33.1 Å². The first-order valence-corrected chi connectivity index (χ1v) is 23.0. The highest BCUT2D eigenvalue weighted by Gasteiger charge is 2.22. The lowest BCUT2D eigenvalue weighted by molar-refractivity contribution is 1.28. The van der Waals surface area contributed by atoms with Crippen molar-refractivity contribution in [3.63, 3.8) is 0 Å². The van der Waals surface area contributed by atoms with E-state index in [1.54, 1.807) is 0 Å². The average molecular weight is 885 g/mol. The highest BCUT2D eigenvalue weighted by Crippen LogP contribution is 2.40. The molecule has 0 N–H and O–H groups in total. The minimum atomic E-state index is 0.663. The van der Waals surface area contributed by atoms with Crippen LogP contribution in [0.25, 0.3) is 77.9 Å². The minimum absolute atomic E-state index is 0.663. The van der Waals surface area contributed by atoms with Crippen LogP contribution < -0.4 is 9.80 Å². The van der Waals surface area contributed by atoms with Crippen LogP contribution in [0.2, 0.25) is 0 Å². The van der Waals surface area contributed by atoms with Gasteiger partial charge in [0.05, 0.1) is 34.8 Å². The Morgan fingerprint density at radius 3 is 0.742 bits per heavy atom. The zero-order chi connectivity index (χ0) is 43.8. The lowest BCUT2D eigenvalue weighted by Crippen LogP contribution is -2.09. The third-order valence-corrected chi connectivity index (χ3v) is 12.9. The van der Waals surface area contributed by atoms with E-state index >= 15 is 0 Å². The second kappa shape index (κ2) is 16.9. The van der Waals surface area contributed by atoms with Gasteiger partial charge >= 0.3 is 0 Å². The van der Waals surface area contributed by atoms with Gasteiger partial charge in [-0.05, 0) is 95.1 Å². The standard InChI is InChI=1S/C56H36N8S2/c1-5-13-43(14-6-1)63(44-15-7-2-8-16-44)47-33-29-39(30-34-47)37-21-25-41(26-22-37)49-50(58-52-51(57-49)53-55(61-65-59-53)56-54(52)60-66-62-56)42-27-23-38(24-28-42)40-31-35-48(36-32-40)64(45-17-9-3-10-18-45)46-19-11-4-12-20-46/h1-36H. The molecule has 8 nitrogen and oxygen atoms in total. The molecule has 0 aliphatic heterocycles. The molecular formula is C56H36N8S2. The number of aromatic nitrogens is 6. The fourth-order valence-electron chi connectivity index (χ4n) is 8.62. The van der Waals surface area contributed by atoms with Crippen LogP contribution >= 0.6 is 23.5 Å². The Labute approximate surface area is 389 Å². The lowest BCUT2D eigenvalue weighted by Gasteiger charge is -2.25. The van der Waals surface area contributed by atoms with E-state index in [1.165, 1.54) is 0 Å². The van der Waals surface area contributed by atoms with Crippen molar-refractivity contribution in [2.75, 3.05) is 9.80 Å². The van der Waals surface area contributed by atoms with Gasteiger partial charge in [0.25, 0.3) is 0 Å². The molecule has 66 heavy (non-hydrogen) atoms. The predicted molar refractivity (Wildman–Crippen MR) is 273 cm³/mol. The average Bonchev–Trinajstić information content (AvgIpc) is 4.10. The summed E-state index contributed by atoms with van der Waals surface area (Å²) in [5, 5.41) is 0. The highest BCUT2D eigenvalue weighted by atomic mass is 32.1. The van der Waals surface area contributed by atoms with E-state index in [4.69, 9.17) is 9.97 Å². The number of hydrogen-bond donors (Lipinski definition) is 0. The molecule has 0 fully saturated rings. The minimum Gasteiger partial charge on any atom is -0.311 e. The first-order valence-electron chi connectivity index (χ1n) is 21.5. The van der Waals surface area contributed by atoms with Crippen molar-refractivity contribution in [1.82, 2.24) is 27.5 Å². The van der Waals surface area contributed by atoms with Gasteiger partial charge < -0.3 is 9.80 Å². The summed E-state index contributed by atoms with van der Waals surface area (Å²) in [6.07, 6.45) is 0. The molecule has 10 heteroatoms. The zero-order valence-electron chi connectivity index (χ0n) is 35.2. The molecule has 0 aliphatic carbocycles. The molecule has 12 rings (SSSR count). The molecule has 3 aromatic heterocycles. The summed E-state index contributed by atoms with van der Waals surface area (Å²) >= 11 is 2.30. The Kier molecular flexibility index (Phi) is 10.0. The topological polar surface area (TPSA) is 83.8 Å². The van der Waals surface area contributed by atoms with Gasteiger partial charge in [-0.2, -0.15) is 17.5 Å². The molecule has 0 saturated carbocycles. The maximum atomic E-state index is 5.37. The second-order valence-corrected chi connectivity index (χ2v) is 16.9. The molecule has 0 spiro atoms. The van der Waals surface area contributed by atoms with Crippen LogP contribution in [0.15, 0.2) is 218 Å². The van der Waals surface area contributed by atoms with E-state index in [2.05, 4.69) is 221 Å². The first-order chi connectivity index (χ1) is 32.7. The Morgan fingerprint density at radius 2 is 0.455 bits per heavy atom. The van der Waals surface area contributed by atoms with Gasteiger partial charge in [-0.3, -0.25) is 0 Å². The van der Waals surface area contributed by atoms with Crippen LogP contribution in [0.4, 0.5) is 34.1 Å². The van der Waals surface area contributed by atoms with E-state index in [1.807, 2.05) is 24.3 Å². The molecule has 312 valence electrons. The van der Waals surface area contributed by atoms with Gasteiger partial charge in [-0.15, -0.1) is 0 Å². The van der Waals surface area contributed by atoms with Crippen molar-refractivity contribution >= 4 is 90.7 Å². The SMILES string of the molecule is c1ccc(N(c2ccccc2)c2ccc(-c3ccc(-c4nc5c6nsnc6c6nsnc6c5nc4-c4ccc(-c5ccc(N(c6ccccc6)c6ccccc6)cc5)cc4)cc3)cc2)cc1. The van der Waals surface area contributed by atoms with Crippen molar-refractivity contribution < 1.29 is 0 Å². The highest BCUT2D eigenvalue weighted by molar-refractivity contribution is 7.01. The number of nitrogens with zero attached hydrogens (tertiary/aromatic N) is 8. The second-order valence-electron chi connectivity index (χ2n) is 15.8. The maximum absolute atomic E-state index is 5.37. The number of anilines is 6. The Balaban J connectivity index is 0.899. The summed E-state index contributed by atoms with van der Waals surface area (Å²) in [7, 11) is 0. The maximum Gasteiger partial charge on any atom is 0.136 e. The molecule has 0 amide bonds. The van der Waals surface area contributed by atoms with Gasteiger partial charge in [-0.1, -0.05) is 146 Å². The summed E-state index contributed by atoms with van der Waals surface area (Å²) in [6.45, 7) is 0. The van der Waals surface area contributed by atoms with Gasteiger partial charge in [0.1, 0.15) is 33.1 Å². The van der Waals surface area contributed by atoms with Gasteiger partial charge in [0.2, 0.25) is 0 Å². The largest absolute Gasteiger partial charge is 0.311 e. The summed E-state index contributed by atoms with van der Waals surface area (Å²) in [5.41, 5.74) is 18.5. The fraction of sp³-hybridized carbons (Fsp3) is 0. The summed E-state index contributed by atoms with van der Waals surface area (Å²) in [6, 6.07) is 76.4. The first kappa shape index (κ1) is 39.2. The molecule has 0 atom stereocenters. The molecule has 0 radical (unpaired) electrons. The third-order valence-electron chi connectivity index (χ3n) is 11.8. The van der Waals surface area contributed by atoms with E-state index < -0.39 is 0 Å². The molecule has 0 bridgehead atoms. The van der Waals surface area contributed by atoms with Crippen molar-refractivity contribution in [2.24, 2.45) is 0 Å². The molecule has 12 aromatic rings. The number of hydrogen-bond acceptors (Lipinski definition) is 10. The summed E-state index contributed by atoms with van der Waals surface area (Å²) < 4.78 is 18.5. The number of rotatable bonds is 10. The van der Waals surface area contributed by atoms with E-state index in [0.717, 1.165) is 102 Å². The Morgan fingerprint density at radius 1 is 0.227 bits per heavy atom. The van der Waals surface area contributed by atoms with Crippen LogP contribution in [0.1, 0.15) is 0 Å². The van der Waals surface area contributed by atoms with Crippen molar-refractivity contribution in [3.8, 4) is 44.8 Å². The van der Waals surface area contributed by atoms with Gasteiger partial charge in [-0.25, -0.2) is 9.97 Å². The number of fused-ring (bicyclic) bond motifs is 6. The molecule has 3 heterocycles. The Bertz CT molecular complexity index is 3280. The molecule has 0 unspecified atom stereocenters. The monoisotopic (exact) mass is 884 g/mol. The number of para-hydroxylation sites is 4. The zero-order valence-corrected chi connectivity index (χ0v) is 36.8. The van der Waals surface area contributed by atoms with Crippen molar-refractivity contribution in [3.05, 3.63) is 218 Å². The number of benzene rings is 9. The van der Waals surface area contributed by atoms with Crippen LogP contribution in [0.5, 0.6) is 0 Å². The predicted octanol–water partition coefficient (Wildman–Crippen LogP) is 15.2. The van der Waals surface area contributed by atoms with Crippen LogP contribution in [0.3, 0.4) is 0 Å². The molecule has 0 saturated heterocycles. The third kappa shape index (κ3) is 7.20. The van der Waals surface area contributed by atoms with Crippen molar-refractivity contribution in [2.45, 2.75) is 0 Å². The van der Waals surface area contributed by atoms with E-state index in [-0.39, 0.29) is 0 Å². The van der Waals surface area contributed by atoms with Gasteiger partial charge in [0.15, 0.2) is 0 Å². The summed E-state index contributed by atoms with van der Waals surface area (Å²) in [5.74, 6) is 0. The van der Waals surface area contributed by atoms with Crippen LogP contribution in [-0.2, 0) is 0 Å². The van der Waals surface area contributed by atoms with Crippen LogP contribution in [0, 0.1) is 0 Å². The summed E-state index contributed by atoms with van der Waals surface area (Å²) in [4.78, 5) is 15.3. The Hall–Kier alpha value is -8.44. The van der Waals surface area contributed by atoms with Crippen LogP contribution in [-0.4, -0.2) is 27.5 Å².